The maximum Gasteiger partial charge on any atom is 0.0707 e. The molecule has 0 saturated carbocycles. The molecule has 1 atom stereocenters. The molecule has 80 valence electrons. The van der Waals surface area contributed by atoms with Crippen molar-refractivity contribution >= 4 is 0 Å². The lowest BCUT2D eigenvalue weighted by atomic mass is 10.2. The van der Waals surface area contributed by atoms with Gasteiger partial charge in [0.15, 0.2) is 0 Å². The Hall–Kier alpha value is -0.120. The molecule has 1 unspecified atom stereocenters. The smallest absolute Gasteiger partial charge is 0.0707 e. The molecule has 0 amide bonds. The second kappa shape index (κ2) is 6.35. The highest BCUT2D eigenvalue weighted by molar-refractivity contribution is 4.58. The number of ether oxygens (including phenoxy) is 2. The van der Waals surface area contributed by atoms with E-state index < -0.39 is 0 Å². The van der Waals surface area contributed by atoms with Crippen LogP contribution in [0, 0.1) is 0 Å². The molecule has 0 rings (SSSR count). The van der Waals surface area contributed by atoms with E-state index in [1.807, 2.05) is 34.7 Å². The van der Waals surface area contributed by atoms with Gasteiger partial charge < -0.3 is 14.8 Å². The second-order valence-electron chi connectivity index (χ2n) is 4.20. The predicted octanol–water partition coefficient (Wildman–Crippen LogP) is 1.43. The first kappa shape index (κ1) is 12.9. The van der Waals surface area contributed by atoms with Gasteiger partial charge in [0.25, 0.3) is 0 Å². The van der Waals surface area contributed by atoms with Crippen LogP contribution < -0.4 is 5.32 Å². The van der Waals surface area contributed by atoms with Crippen molar-refractivity contribution in [2.24, 2.45) is 0 Å². The lowest BCUT2D eigenvalue weighted by Gasteiger charge is -2.20. The first-order valence-electron chi connectivity index (χ1n) is 4.86. The van der Waals surface area contributed by atoms with Gasteiger partial charge in [-0.3, -0.25) is 0 Å². The summed E-state index contributed by atoms with van der Waals surface area (Å²) in [5.74, 6) is 0. The number of rotatable bonds is 6. The van der Waals surface area contributed by atoms with Gasteiger partial charge in [0.2, 0.25) is 0 Å². The minimum absolute atomic E-state index is 0.0599. The van der Waals surface area contributed by atoms with Crippen molar-refractivity contribution in [2.75, 3.05) is 26.8 Å². The number of nitrogens with one attached hydrogen (secondary N) is 1. The average Bonchev–Trinajstić information content (AvgIpc) is 1.97. The van der Waals surface area contributed by atoms with Crippen LogP contribution in [-0.4, -0.2) is 38.5 Å². The number of hydrogen-bond acceptors (Lipinski definition) is 3. The van der Waals surface area contributed by atoms with Crippen LogP contribution in [0.3, 0.4) is 0 Å². The van der Waals surface area contributed by atoms with E-state index in [1.165, 1.54) is 0 Å². The summed E-state index contributed by atoms with van der Waals surface area (Å²) < 4.78 is 11.0. The number of hydrogen-bond donors (Lipinski definition) is 1. The number of likely N-dealkylation sites (N-methyl/N-ethyl adjacent to an activating group) is 1. The maximum absolute atomic E-state index is 5.51. The van der Waals surface area contributed by atoms with Crippen LogP contribution in [0.5, 0.6) is 0 Å². The largest absolute Gasteiger partial charge is 0.375 e. The SMILES string of the molecule is CNCC(C)OCCOC(C)(C)C. The molecule has 13 heavy (non-hydrogen) atoms. The second-order valence-corrected chi connectivity index (χ2v) is 4.20. The topological polar surface area (TPSA) is 30.5 Å². The Balaban J connectivity index is 3.25. The summed E-state index contributed by atoms with van der Waals surface area (Å²) in [5, 5.41) is 3.06. The van der Waals surface area contributed by atoms with E-state index in [0.717, 1.165) is 6.54 Å². The van der Waals surface area contributed by atoms with Crippen LogP contribution in [-0.2, 0) is 9.47 Å². The zero-order chi connectivity index (χ0) is 10.3. The van der Waals surface area contributed by atoms with E-state index in [4.69, 9.17) is 9.47 Å². The summed E-state index contributed by atoms with van der Waals surface area (Å²) in [6.45, 7) is 10.4. The highest BCUT2D eigenvalue weighted by atomic mass is 16.5. The maximum atomic E-state index is 5.51. The summed E-state index contributed by atoms with van der Waals surface area (Å²) in [6.07, 6.45) is 0.258. The van der Waals surface area contributed by atoms with Crippen molar-refractivity contribution in [1.29, 1.82) is 0 Å². The molecule has 3 heteroatoms. The van der Waals surface area contributed by atoms with E-state index in [9.17, 15) is 0 Å². The van der Waals surface area contributed by atoms with E-state index in [-0.39, 0.29) is 11.7 Å². The Morgan fingerprint density at radius 2 is 1.85 bits per heavy atom. The first-order chi connectivity index (χ1) is 5.95. The summed E-state index contributed by atoms with van der Waals surface area (Å²) in [4.78, 5) is 0. The van der Waals surface area contributed by atoms with Crippen LogP contribution in [0.4, 0.5) is 0 Å². The van der Waals surface area contributed by atoms with Crippen molar-refractivity contribution < 1.29 is 9.47 Å². The monoisotopic (exact) mass is 189 g/mol. The molecule has 0 aliphatic rings. The lowest BCUT2D eigenvalue weighted by Crippen LogP contribution is -2.27. The van der Waals surface area contributed by atoms with Gasteiger partial charge in [-0.05, 0) is 34.7 Å². The zero-order valence-corrected chi connectivity index (χ0v) is 9.52. The molecule has 0 aliphatic carbocycles. The summed E-state index contributed by atoms with van der Waals surface area (Å²) in [6, 6.07) is 0. The van der Waals surface area contributed by atoms with E-state index >= 15 is 0 Å². The summed E-state index contributed by atoms with van der Waals surface area (Å²) in [5.41, 5.74) is -0.0599. The molecule has 0 spiro atoms. The highest BCUT2D eigenvalue weighted by Gasteiger charge is 2.09. The molecule has 0 aliphatic heterocycles. The quantitative estimate of drug-likeness (QED) is 0.641. The van der Waals surface area contributed by atoms with Gasteiger partial charge in [0.1, 0.15) is 0 Å². The third-order valence-electron chi connectivity index (χ3n) is 1.51. The molecule has 1 N–H and O–H groups in total. The zero-order valence-electron chi connectivity index (χ0n) is 9.52. The third-order valence-corrected chi connectivity index (χ3v) is 1.51. The standard InChI is InChI=1S/C10H23NO2/c1-9(8-11-5)12-6-7-13-10(2,3)4/h9,11H,6-8H2,1-5H3. The molecule has 0 aromatic rings. The van der Waals surface area contributed by atoms with Gasteiger partial charge in [-0.25, -0.2) is 0 Å². The predicted molar refractivity (Wildman–Crippen MR) is 55.0 cm³/mol. The van der Waals surface area contributed by atoms with E-state index in [1.54, 1.807) is 0 Å². The Kier molecular flexibility index (Phi) is 6.29. The Morgan fingerprint density at radius 3 is 2.31 bits per heavy atom. The molecule has 0 heterocycles. The first-order valence-corrected chi connectivity index (χ1v) is 4.86. The van der Waals surface area contributed by atoms with Crippen molar-refractivity contribution in [3.63, 3.8) is 0 Å². The fraction of sp³-hybridized carbons (Fsp3) is 1.00. The molecule has 0 bridgehead atoms. The van der Waals surface area contributed by atoms with Crippen molar-refractivity contribution in [2.45, 2.75) is 39.4 Å². The van der Waals surface area contributed by atoms with Gasteiger partial charge >= 0.3 is 0 Å². The fourth-order valence-electron chi connectivity index (χ4n) is 0.944. The Labute approximate surface area is 81.8 Å². The fourth-order valence-corrected chi connectivity index (χ4v) is 0.944. The van der Waals surface area contributed by atoms with Crippen LogP contribution in [0.1, 0.15) is 27.7 Å². The minimum atomic E-state index is -0.0599. The molecule has 0 aromatic carbocycles. The van der Waals surface area contributed by atoms with Gasteiger partial charge in [-0.15, -0.1) is 0 Å². The molecular formula is C10H23NO2. The average molecular weight is 189 g/mol. The van der Waals surface area contributed by atoms with Gasteiger partial charge in [0, 0.05) is 6.54 Å². The van der Waals surface area contributed by atoms with E-state index in [2.05, 4.69) is 5.32 Å². The molecular weight excluding hydrogens is 166 g/mol. The molecule has 0 radical (unpaired) electrons. The summed E-state index contributed by atoms with van der Waals surface area (Å²) >= 11 is 0. The molecule has 0 saturated heterocycles. The lowest BCUT2D eigenvalue weighted by molar-refractivity contribution is -0.0477. The van der Waals surface area contributed by atoms with Crippen molar-refractivity contribution in [3.05, 3.63) is 0 Å². The molecule has 3 nitrogen and oxygen atoms in total. The van der Waals surface area contributed by atoms with E-state index in [0.29, 0.717) is 13.2 Å². The van der Waals surface area contributed by atoms with Gasteiger partial charge in [-0.1, -0.05) is 0 Å². The highest BCUT2D eigenvalue weighted by Crippen LogP contribution is 2.05. The van der Waals surface area contributed by atoms with Gasteiger partial charge in [0.05, 0.1) is 24.9 Å². The molecule has 0 fully saturated rings. The summed E-state index contributed by atoms with van der Waals surface area (Å²) in [7, 11) is 1.92. The molecule has 0 aromatic heterocycles. The van der Waals surface area contributed by atoms with Crippen molar-refractivity contribution in [1.82, 2.24) is 5.32 Å². The minimum Gasteiger partial charge on any atom is -0.375 e. The van der Waals surface area contributed by atoms with Crippen LogP contribution in [0.15, 0.2) is 0 Å². The van der Waals surface area contributed by atoms with Crippen LogP contribution in [0.25, 0.3) is 0 Å². The normalized spacial score (nSPS) is 14.5. The van der Waals surface area contributed by atoms with Crippen molar-refractivity contribution in [3.8, 4) is 0 Å². The Bertz CT molecular complexity index is 121. The van der Waals surface area contributed by atoms with Crippen LogP contribution >= 0.6 is 0 Å². The third kappa shape index (κ3) is 9.80. The van der Waals surface area contributed by atoms with Crippen LogP contribution in [0.2, 0.25) is 0 Å². The Morgan fingerprint density at radius 1 is 1.23 bits per heavy atom. The van der Waals surface area contributed by atoms with Gasteiger partial charge in [-0.2, -0.15) is 0 Å².